The predicted octanol–water partition coefficient (Wildman–Crippen LogP) is 3.08. The molecule has 1 aliphatic rings. The van der Waals surface area contributed by atoms with Crippen molar-refractivity contribution < 1.29 is 24.6 Å². The first kappa shape index (κ1) is 20.2. The smallest absolute Gasteiger partial charge is 0.318 e. The van der Waals surface area contributed by atoms with Crippen LogP contribution in [0.25, 0.3) is 0 Å². The summed E-state index contributed by atoms with van der Waals surface area (Å²) in [6, 6.07) is 7.28. The van der Waals surface area contributed by atoms with E-state index in [1.165, 1.54) is 0 Å². The van der Waals surface area contributed by atoms with Crippen LogP contribution in [-0.2, 0) is 20.8 Å². The second-order valence-corrected chi connectivity index (χ2v) is 7.10. The standard InChI is InChI=1S/C19H24ClNO5/c20-14-9-7-13(8-10-14)5-4-6-15(16(18(23)24)19(25)26)17(22)21-11-2-1-3-12-21/h7-10,15-16H,1-6,11-12H2,(H,23,24)(H,25,26). The van der Waals surface area contributed by atoms with Gasteiger partial charge in [-0.25, -0.2) is 0 Å². The molecule has 2 rings (SSSR count). The molecule has 142 valence electrons. The van der Waals surface area contributed by atoms with Crippen LogP contribution in [0, 0.1) is 11.8 Å². The van der Waals surface area contributed by atoms with Gasteiger partial charge in [0.25, 0.3) is 0 Å². The number of amides is 1. The van der Waals surface area contributed by atoms with Gasteiger partial charge in [0.05, 0.1) is 5.92 Å². The van der Waals surface area contributed by atoms with E-state index in [1.54, 1.807) is 17.0 Å². The number of hydrogen-bond donors (Lipinski definition) is 2. The number of carboxylic acid groups (broad SMARTS) is 2. The Kier molecular flexibility index (Phi) is 7.45. The molecule has 1 atom stereocenters. The molecule has 26 heavy (non-hydrogen) atoms. The van der Waals surface area contributed by atoms with Gasteiger partial charge in [-0.3, -0.25) is 14.4 Å². The van der Waals surface area contributed by atoms with Crippen molar-refractivity contribution in [1.29, 1.82) is 0 Å². The van der Waals surface area contributed by atoms with Gasteiger partial charge in [0.2, 0.25) is 5.91 Å². The summed E-state index contributed by atoms with van der Waals surface area (Å²) in [5.74, 6) is -6.03. The minimum atomic E-state index is -1.71. The normalized spacial score (nSPS) is 15.7. The molecule has 0 bridgehead atoms. The van der Waals surface area contributed by atoms with Gasteiger partial charge in [0, 0.05) is 18.1 Å². The van der Waals surface area contributed by atoms with Crippen LogP contribution in [0.1, 0.15) is 37.7 Å². The van der Waals surface area contributed by atoms with E-state index in [0.29, 0.717) is 31.0 Å². The molecule has 1 aromatic carbocycles. The molecule has 0 spiro atoms. The Hall–Kier alpha value is -2.08. The third-order valence-electron chi connectivity index (χ3n) is 4.81. The van der Waals surface area contributed by atoms with Crippen LogP contribution in [0.2, 0.25) is 5.02 Å². The van der Waals surface area contributed by atoms with Crippen molar-refractivity contribution in [2.24, 2.45) is 11.8 Å². The van der Waals surface area contributed by atoms with Crippen LogP contribution in [0.5, 0.6) is 0 Å². The lowest BCUT2D eigenvalue weighted by Crippen LogP contribution is -2.45. The fourth-order valence-corrected chi connectivity index (χ4v) is 3.53. The van der Waals surface area contributed by atoms with Gasteiger partial charge in [-0.15, -0.1) is 0 Å². The van der Waals surface area contributed by atoms with E-state index in [4.69, 9.17) is 11.6 Å². The van der Waals surface area contributed by atoms with Crippen molar-refractivity contribution in [2.45, 2.75) is 38.5 Å². The summed E-state index contributed by atoms with van der Waals surface area (Å²) >= 11 is 5.85. The summed E-state index contributed by atoms with van der Waals surface area (Å²) in [7, 11) is 0. The lowest BCUT2D eigenvalue weighted by atomic mass is 9.85. The first-order valence-corrected chi connectivity index (χ1v) is 9.27. The summed E-state index contributed by atoms with van der Waals surface area (Å²) in [5.41, 5.74) is 1.01. The number of carboxylic acids is 2. The monoisotopic (exact) mass is 381 g/mol. The van der Waals surface area contributed by atoms with Crippen molar-refractivity contribution in [1.82, 2.24) is 4.90 Å². The van der Waals surface area contributed by atoms with Crippen molar-refractivity contribution >= 4 is 29.4 Å². The van der Waals surface area contributed by atoms with E-state index < -0.39 is 23.8 Å². The van der Waals surface area contributed by atoms with E-state index in [1.807, 2.05) is 12.1 Å². The Morgan fingerprint density at radius 2 is 1.58 bits per heavy atom. The van der Waals surface area contributed by atoms with Gasteiger partial charge in [0.15, 0.2) is 5.92 Å². The minimum absolute atomic E-state index is 0.223. The van der Waals surface area contributed by atoms with Gasteiger partial charge in [-0.2, -0.15) is 0 Å². The highest BCUT2D eigenvalue weighted by Crippen LogP contribution is 2.25. The average molecular weight is 382 g/mol. The zero-order valence-corrected chi connectivity index (χ0v) is 15.3. The van der Waals surface area contributed by atoms with Crippen LogP contribution in [-0.4, -0.2) is 46.0 Å². The molecule has 0 aromatic heterocycles. The molecule has 1 fully saturated rings. The maximum Gasteiger partial charge on any atom is 0.318 e. The van der Waals surface area contributed by atoms with Crippen LogP contribution in [0.15, 0.2) is 24.3 Å². The molecule has 0 aliphatic carbocycles. The third kappa shape index (κ3) is 5.46. The fraction of sp³-hybridized carbons (Fsp3) is 0.526. The molecule has 2 N–H and O–H groups in total. The second-order valence-electron chi connectivity index (χ2n) is 6.67. The quantitative estimate of drug-likeness (QED) is 0.675. The number of carbonyl (C=O) groups excluding carboxylic acids is 1. The van der Waals surface area contributed by atoms with Gasteiger partial charge in [0.1, 0.15) is 0 Å². The number of aliphatic carboxylic acids is 2. The van der Waals surface area contributed by atoms with Crippen LogP contribution in [0.3, 0.4) is 0 Å². The first-order valence-electron chi connectivity index (χ1n) is 8.89. The van der Waals surface area contributed by atoms with E-state index in [0.717, 1.165) is 24.8 Å². The molecule has 1 aromatic rings. The van der Waals surface area contributed by atoms with E-state index >= 15 is 0 Å². The summed E-state index contributed by atoms with van der Waals surface area (Å²) in [4.78, 5) is 37.4. The largest absolute Gasteiger partial charge is 0.481 e. The molecule has 7 heteroatoms. The van der Waals surface area contributed by atoms with E-state index in [9.17, 15) is 24.6 Å². The maximum absolute atomic E-state index is 12.8. The van der Waals surface area contributed by atoms with Gasteiger partial charge in [-0.05, 0) is 56.2 Å². The molecule has 0 radical (unpaired) electrons. The summed E-state index contributed by atoms with van der Waals surface area (Å²) in [6.45, 7) is 1.14. The third-order valence-corrected chi connectivity index (χ3v) is 5.07. The molecular weight excluding hydrogens is 358 g/mol. The number of nitrogens with zero attached hydrogens (tertiary/aromatic N) is 1. The summed E-state index contributed by atoms with van der Waals surface area (Å²) in [5, 5.41) is 19.3. The maximum atomic E-state index is 12.8. The molecule has 1 aliphatic heterocycles. The lowest BCUT2D eigenvalue weighted by molar-refractivity contribution is -0.162. The van der Waals surface area contributed by atoms with Crippen LogP contribution in [0.4, 0.5) is 0 Å². The van der Waals surface area contributed by atoms with Crippen molar-refractivity contribution in [2.75, 3.05) is 13.1 Å². The van der Waals surface area contributed by atoms with Crippen LogP contribution >= 0.6 is 11.6 Å². The Bertz CT molecular complexity index is 626. The highest BCUT2D eigenvalue weighted by Gasteiger charge is 2.41. The average Bonchev–Trinajstić information content (AvgIpc) is 2.62. The molecule has 0 saturated carbocycles. The zero-order chi connectivity index (χ0) is 19.1. The Morgan fingerprint density at radius 3 is 2.12 bits per heavy atom. The van der Waals surface area contributed by atoms with E-state index in [2.05, 4.69) is 0 Å². The molecular formula is C19H24ClNO5. The molecule has 1 saturated heterocycles. The predicted molar refractivity (Wildman–Crippen MR) is 97.1 cm³/mol. The number of benzene rings is 1. The Labute approximate surface area is 157 Å². The van der Waals surface area contributed by atoms with Crippen molar-refractivity contribution in [3.63, 3.8) is 0 Å². The molecule has 1 unspecified atom stereocenters. The SMILES string of the molecule is O=C(O)C(C(=O)O)C(CCCc1ccc(Cl)cc1)C(=O)N1CCCCC1. The topological polar surface area (TPSA) is 94.9 Å². The number of hydrogen-bond acceptors (Lipinski definition) is 3. The second kappa shape index (κ2) is 9.57. The highest BCUT2D eigenvalue weighted by molar-refractivity contribution is 6.30. The lowest BCUT2D eigenvalue weighted by Gasteiger charge is -2.31. The van der Waals surface area contributed by atoms with E-state index in [-0.39, 0.29) is 12.3 Å². The molecule has 1 heterocycles. The Balaban J connectivity index is 2.08. The van der Waals surface area contributed by atoms with Crippen LogP contribution < -0.4 is 0 Å². The first-order chi connectivity index (χ1) is 12.4. The van der Waals surface area contributed by atoms with Crippen molar-refractivity contribution in [3.05, 3.63) is 34.9 Å². The van der Waals surface area contributed by atoms with Gasteiger partial charge in [-0.1, -0.05) is 23.7 Å². The number of aryl methyl sites for hydroxylation is 1. The number of halogens is 1. The fourth-order valence-electron chi connectivity index (χ4n) is 3.41. The van der Waals surface area contributed by atoms with Gasteiger partial charge >= 0.3 is 11.9 Å². The summed E-state index contributed by atoms with van der Waals surface area (Å²) in [6.07, 6.45) is 4.16. The van der Waals surface area contributed by atoms with Crippen molar-refractivity contribution in [3.8, 4) is 0 Å². The zero-order valence-electron chi connectivity index (χ0n) is 14.6. The Morgan fingerprint density at radius 1 is 1.00 bits per heavy atom. The summed E-state index contributed by atoms with van der Waals surface area (Å²) < 4.78 is 0. The van der Waals surface area contributed by atoms with Gasteiger partial charge < -0.3 is 15.1 Å². The number of piperidine rings is 1. The number of carbonyl (C=O) groups is 3. The molecule has 6 nitrogen and oxygen atoms in total. The highest BCUT2D eigenvalue weighted by atomic mass is 35.5. The minimum Gasteiger partial charge on any atom is -0.481 e. The number of likely N-dealkylation sites (tertiary alicyclic amines) is 1. The molecule has 1 amide bonds. The number of rotatable bonds is 8.